The fraction of sp³-hybridized carbons (Fsp3) is 0.467. The monoisotopic (exact) mass is 315 g/mol. The Kier molecular flexibility index (Phi) is 5.24. The molecule has 0 spiro atoms. The number of carbonyl (C=O) groups is 1. The maximum atomic E-state index is 12.2. The van der Waals surface area contributed by atoms with Crippen molar-refractivity contribution in [2.75, 3.05) is 24.6 Å². The first kappa shape index (κ1) is 16.1. The van der Waals surface area contributed by atoms with Crippen LogP contribution in [0.1, 0.15) is 30.9 Å². The second kappa shape index (κ2) is 7.15. The van der Waals surface area contributed by atoms with Crippen LogP contribution in [0.15, 0.2) is 11.1 Å². The van der Waals surface area contributed by atoms with Crippen molar-refractivity contribution in [3.63, 3.8) is 0 Å². The van der Waals surface area contributed by atoms with E-state index in [1.807, 2.05) is 17.0 Å². The lowest BCUT2D eigenvalue weighted by atomic mass is 10.0. The number of anilines is 1. The van der Waals surface area contributed by atoms with E-state index in [9.17, 15) is 4.79 Å². The van der Waals surface area contributed by atoms with Crippen LogP contribution in [0, 0.1) is 28.6 Å². The first-order valence-corrected chi connectivity index (χ1v) is 8.05. The van der Waals surface area contributed by atoms with Crippen molar-refractivity contribution in [1.29, 1.82) is 10.5 Å². The van der Waals surface area contributed by atoms with Gasteiger partial charge in [0.25, 0.3) is 0 Å². The predicted octanol–water partition coefficient (Wildman–Crippen LogP) is 1.76. The van der Waals surface area contributed by atoms with E-state index in [2.05, 4.69) is 11.9 Å². The molecule has 1 atom stereocenters. The van der Waals surface area contributed by atoms with Crippen LogP contribution in [-0.2, 0) is 4.79 Å². The molecule has 0 aliphatic carbocycles. The number of likely N-dealkylation sites (tertiary alicyclic amines) is 1. The number of carbonyl (C=O) groups excluding carboxylic acids is 1. The molecule has 2 rings (SSSR count). The summed E-state index contributed by atoms with van der Waals surface area (Å²) in [5, 5.41) is 18.4. The third-order valence-corrected chi connectivity index (χ3v) is 4.58. The van der Waals surface area contributed by atoms with Gasteiger partial charge in [0.1, 0.15) is 23.0 Å². The van der Waals surface area contributed by atoms with Gasteiger partial charge in [0.2, 0.25) is 5.91 Å². The lowest BCUT2D eigenvalue weighted by molar-refractivity contribution is -0.130. The molecule has 2 heterocycles. The van der Waals surface area contributed by atoms with Gasteiger partial charge in [-0.15, -0.1) is 0 Å². The molecule has 0 bridgehead atoms. The zero-order valence-corrected chi connectivity index (χ0v) is 13.2. The molecule has 0 unspecified atom stereocenters. The summed E-state index contributed by atoms with van der Waals surface area (Å²) in [4.78, 5) is 18.2. The predicted molar refractivity (Wildman–Crippen MR) is 83.8 cm³/mol. The highest BCUT2D eigenvalue weighted by Gasteiger charge is 2.21. The number of aromatic nitrogens is 1. The van der Waals surface area contributed by atoms with Crippen LogP contribution in [0.4, 0.5) is 5.82 Å². The summed E-state index contributed by atoms with van der Waals surface area (Å²) in [6.07, 6.45) is 2.19. The van der Waals surface area contributed by atoms with Crippen LogP contribution in [0.25, 0.3) is 0 Å². The molecule has 0 aromatic carbocycles. The van der Waals surface area contributed by atoms with E-state index < -0.39 is 0 Å². The number of hydrogen-bond donors (Lipinski definition) is 1. The topological polar surface area (TPSA) is 107 Å². The van der Waals surface area contributed by atoms with Crippen LogP contribution < -0.4 is 5.73 Å². The van der Waals surface area contributed by atoms with Crippen LogP contribution in [0.3, 0.4) is 0 Å². The van der Waals surface area contributed by atoms with E-state index in [0.717, 1.165) is 25.9 Å². The molecular formula is C15H17N5OS. The first-order chi connectivity index (χ1) is 10.5. The number of nitrogens with zero attached hydrogens (tertiary/aromatic N) is 4. The number of thioether (sulfide) groups is 1. The minimum atomic E-state index is 0.0465. The van der Waals surface area contributed by atoms with E-state index >= 15 is 0 Å². The minimum Gasteiger partial charge on any atom is -0.383 e. The Bertz CT molecular complexity index is 661. The third kappa shape index (κ3) is 3.69. The summed E-state index contributed by atoms with van der Waals surface area (Å²) in [5.74, 6) is 0.883. The SMILES string of the molecule is C[C@H]1CCCN(C(=O)CSc2nc(N)c(C#N)cc2C#N)C1. The lowest BCUT2D eigenvalue weighted by Crippen LogP contribution is -2.40. The van der Waals surface area contributed by atoms with Crippen molar-refractivity contribution < 1.29 is 4.79 Å². The Labute approximate surface area is 133 Å². The number of rotatable bonds is 3. The van der Waals surface area contributed by atoms with Crippen molar-refractivity contribution in [3.05, 3.63) is 17.2 Å². The molecule has 0 saturated carbocycles. The summed E-state index contributed by atoms with van der Waals surface area (Å²) in [7, 11) is 0. The van der Waals surface area contributed by atoms with Gasteiger partial charge >= 0.3 is 0 Å². The molecule has 22 heavy (non-hydrogen) atoms. The summed E-state index contributed by atoms with van der Waals surface area (Å²) < 4.78 is 0. The fourth-order valence-electron chi connectivity index (χ4n) is 2.43. The molecule has 1 amide bonds. The number of nitrogens with two attached hydrogens (primary N) is 1. The minimum absolute atomic E-state index is 0.0465. The quantitative estimate of drug-likeness (QED) is 0.852. The summed E-state index contributed by atoms with van der Waals surface area (Å²) in [6.45, 7) is 3.72. The smallest absolute Gasteiger partial charge is 0.232 e. The second-order valence-electron chi connectivity index (χ2n) is 5.37. The van der Waals surface area contributed by atoms with E-state index in [1.165, 1.54) is 17.8 Å². The molecule has 1 aromatic rings. The van der Waals surface area contributed by atoms with Gasteiger partial charge in [-0.2, -0.15) is 10.5 Å². The largest absolute Gasteiger partial charge is 0.383 e. The summed E-state index contributed by atoms with van der Waals surface area (Å²) in [5.41, 5.74) is 6.12. The molecule has 1 fully saturated rings. The standard InChI is InChI=1S/C15H17N5OS/c1-10-3-2-4-20(8-10)13(21)9-22-15-12(7-17)5-11(6-16)14(18)19-15/h5,10H,2-4,8-9H2,1H3,(H2,18,19)/t10-/m0/s1. The van der Waals surface area contributed by atoms with Crippen molar-refractivity contribution in [2.45, 2.75) is 24.8 Å². The van der Waals surface area contributed by atoms with Gasteiger partial charge in [-0.05, 0) is 24.8 Å². The van der Waals surface area contributed by atoms with Gasteiger partial charge in [0.15, 0.2) is 0 Å². The molecule has 1 saturated heterocycles. The molecule has 1 aliphatic heterocycles. The second-order valence-corrected chi connectivity index (χ2v) is 6.34. The number of piperidine rings is 1. The van der Waals surface area contributed by atoms with Gasteiger partial charge in [0.05, 0.1) is 16.9 Å². The molecule has 0 radical (unpaired) electrons. The normalized spacial score (nSPS) is 17.6. The number of nitriles is 2. The van der Waals surface area contributed by atoms with E-state index in [1.54, 1.807) is 0 Å². The zero-order valence-electron chi connectivity index (χ0n) is 12.4. The highest BCUT2D eigenvalue weighted by atomic mass is 32.2. The highest BCUT2D eigenvalue weighted by Crippen LogP contribution is 2.25. The lowest BCUT2D eigenvalue weighted by Gasteiger charge is -2.30. The molecule has 2 N–H and O–H groups in total. The van der Waals surface area contributed by atoms with Crippen molar-refractivity contribution in [3.8, 4) is 12.1 Å². The van der Waals surface area contributed by atoms with Gasteiger partial charge in [-0.3, -0.25) is 4.79 Å². The van der Waals surface area contributed by atoms with Crippen LogP contribution in [0.5, 0.6) is 0 Å². The average molecular weight is 315 g/mol. The Hall–Kier alpha value is -2.25. The molecule has 6 nitrogen and oxygen atoms in total. The summed E-state index contributed by atoms with van der Waals surface area (Å²) in [6, 6.07) is 5.30. The fourth-order valence-corrected chi connectivity index (χ4v) is 3.29. The van der Waals surface area contributed by atoms with Gasteiger partial charge in [-0.25, -0.2) is 4.98 Å². The molecule has 1 aromatic heterocycles. The Balaban J connectivity index is 2.05. The Morgan fingerprint density at radius 3 is 2.86 bits per heavy atom. The molecular weight excluding hydrogens is 298 g/mol. The van der Waals surface area contributed by atoms with Gasteiger partial charge in [0, 0.05) is 13.1 Å². The third-order valence-electron chi connectivity index (χ3n) is 3.60. The molecule has 7 heteroatoms. The Morgan fingerprint density at radius 2 is 2.23 bits per heavy atom. The van der Waals surface area contributed by atoms with Gasteiger partial charge < -0.3 is 10.6 Å². The number of hydrogen-bond acceptors (Lipinski definition) is 6. The van der Waals surface area contributed by atoms with Gasteiger partial charge in [-0.1, -0.05) is 18.7 Å². The zero-order chi connectivity index (χ0) is 16.1. The Morgan fingerprint density at radius 1 is 1.50 bits per heavy atom. The average Bonchev–Trinajstić information content (AvgIpc) is 2.52. The van der Waals surface area contributed by atoms with Crippen LogP contribution in [0.2, 0.25) is 0 Å². The maximum absolute atomic E-state index is 12.2. The van der Waals surface area contributed by atoms with E-state index in [0.29, 0.717) is 10.9 Å². The van der Waals surface area contributed by atoms with E-state index in [-0.39, 0.29) is 28.6 Å². The van der Waals surface area contributed by atoms with Crippen LogP contribution >= 0.6 is 11.8 Å². The van der Waals surface area contributed by atoms with Crippen molar-refractivity contribution in [2.24, 2.45) is 5.92 Å². The van der Waals surface area contributed by atoms with Crippen molar-refractivity contribution in [1.82, 2.24) is 9.88 Å². The number of pyridine rings is 1. The maximum Gasteiger partial charge on any atom is 0.232 e. The van der Waals surface area contributed by atoms with Crippen LogP contribution in [-0.4, -0.2) is 34.6 Å². The first-order valence-electron chi connectivity index (χ1n) is 7.06. The molecule has 114 valence electrons. The van der Waals surface area contributed by atoms with E-state index in [4.69, 9.17) is 16.3 Å². The highest BCUT2D eigenvalue weighted by molar-refractivity contribution is 8.00. The molecule has 1 aliphatic rings. The number of nitrogen functional groups attached to an aromatic ring is 1. The number of amides is 1. The van der Waals surface area contributed by atoms with Crippen molar-refractivity contribution >= 4 is 23.5 Å². The summed E-state index contributed by atoms with van der Waals surface area (Å²) >= 11 is 1.19.